The second kappa shape index (κ2) is 18.4. The first-order valence-corrected chi connectivity index (χ1v) is 20.0. The van der Waals surface area contributed by atoms with Gasteiger partial charge < -0.3 is 25.2 Å². The van der Waals surface area contributed by atoms with E-state index in [0.717, 1.165) is 35.2 Å². The average molecular weight is 751 g/mol. The fraction of sp³-hybridized carbons (Fsp3) is 0.419. The number of hydrogen-bond acceptors (Lipinski definition) is 7. The van der Waals surface area contributed by atoms with E-state index in [9.17, 15) is 24.0 Å². The highest BCUT2D eigenvalue weighted by Crippen LogP contribution is 2.35. The molecule has 0 saturated carbocycles. The van der Waals surface area contributed by atoms with Crippen molar-refractivity contribution in [1.29, 1.82) is 0 Å². The Hall–Kier alpha value is -4.90. The number of esters is 1. The van der Waals surface area contributed by atoms with Crippen molar-refractivity contribution >= 4 is 47.0 Å². The summed E-state index contributed by atoms with van der Waals surface area (Å²) in [4.78, 5) is 72.2. The van der Waals surface area contributed by atoms with Gasteiger partial charge in [-0.05, 0) is 86.8 Å². The Morgan fingerprint density at radius 2 is 1.41 bits per heavy atom. The molecule has 0 aliphatic carbocycles. The Morgan fingerprint density at radius 1 is 0.796 bits per heavy atom. The van der Waals surface area contributed by atoms with Crippen LogP contribution in [-0.4, -0.2) is 77.4 Å². The van der Waals surface area contributed by atoms with Gasteiger partial charge in [0.1, 0.15) is 18.1 Å². The van der Waals surface area contributed by atoms with Crippen molar-refractivity contribution in [1.82, 2.24) is 15.5 Å². The van der Waals surface area contributed by atoms with E-state index in [1.165, 1.54) is 7.11 Å². The summed E-state index contributed by atoms with van der Waals surface area (Å²) < 4.78 is 5.06. The van der Waals surface area contributed by atoms with Crippen LogP contribution in [0.15, 0.2) is 97.1 Å². The second-order valence-electron chi connectivity index (χ2n) is 14.4. The molecule has 0 unspecified atom stereocenters. The first kappa shape index (κ1) is 38.8. The smallest absolute Gasteiger partial charge is 0.328 e. The zero-order valence-electron chi connectivity index (χ0n) is 31.0. The number of anilines is 1. The van der Waals surface area contributed by atoms with Crippen molar-refractivity contribution < 1.29 is 28.7 Å². The number of methoxy groups -OCH3 is 1. The molecule has 3 aromatic rings. The fourth-order valence-electron chi connectivity index (χ4n) is 7.80. The molecule has 54 heavy (non-hydrogen) atoms. The zero-order chi connectivity index (χ0) is 38.0. The maximum Gasteiger partial charge on any atom is 0.328 e. The number of benzene rings is 3. The minimum atomic E-state index is -0.820. The van der Waals surface area contributed by atoms with Crippen molar-refractivity contribution in [3.05, 3.63) is 114 Å². The molecule has 6 atom stereocenters. The van der Waals surface area contributed by atoms with E-state index >= 15 is 0 Å². The van der Waals surface area contributed by atoms with E-state index in [4.69, 9.17) is 4.74 Å². The molecule has 10 nitrogen and oxygen atoms in total. The first-order chi connectivity index (χ1) is 26.2. The number of piperidine rings is 1. The van der Waals surface area contributed by atoms with Crippen molar-refractivity contribution in [2.45, 2.75) is 81.8 Å². The van der Waals surface area contributed by atoms with E-state index < -0.39 is 35.9 Å². The number of amides is 4. The predicted octanol–water partition coefficient (Wildman–Crippen LogP) is 5.38. The number of nitrogens with zero attached hydrogens (tertiary/aromatic N) is 2. The monoisotopic (exact) mass is 750 g/mol. The standard InChI is InChI=1S/C43H50N4O6S/c1-29-13-9-10-19-36(29)46-25-12-18-34(41(46)50)44-39(48)32(27-30-14-5-3-6-15-30)22-23-33(28-31-16-7-4-8-17-31)40(49)45-35-24-26-54-38-21-11-20-37(43(52)53-2)47(38)42(35)51/h3-10,12-19,32-35,37-38H,11,20-28H2,1-2H3,(H,44,48)(H,45,49)/t32-,33-,34+,35+,37+,38+/m1/s1. The van der Waals surface area contributed by atoms with Gasteiger partial charge >= 0.3 is 5.97 Å². The minimum Gasteiger partial charge on any atom is -0.467 e. The highest BCUT2D eigenvalue weighted by atomic mass is 32.2. The maximum atomic E-state index is 14.3. The summed E-state index contributed by atoms with van der Waals surface area (Å²) in [6, 6.07) is 24.9. The molecule has 2 fully saturated rings. The van der Waals surface area contributed by atoms with Crippen LogP contribution in [0, 0.1) is 18.8 Å². The zero-order valence-corrected chi connectivity index (χ0v) is 31.8. The average Bonchev–Trinajstić information content (AvgIpc) is 3.35. The summed E-state index contributed by atoms with van der Waals surface area (Å²) in [5, 5.41) is 5.97. The number of thioether (sulfide) groups is 1. The third-order valence-electron chi connectivity index (χ3n) is 10.7. The SMILES string of the molecule is COC(=O)[C@@H]1CCC[C@@H]2SCC[C@H](NC(=O)[C@H](CC[C@H](Cc3ccccc3)C(=O)N[C@H]3C=CCN(c4ccccc4C)C3=O)Cc3ccccc3)C(=O)N21. The Bertz CT molecular complexity index is 1820. The summed E-state index contributed by atoms with van der Waals surface area (Å²) in [5.41, 5.74) is 3.73. The van der Waals surface area contributed by atoms with Crippen LogP contribution in [0.4, 0.5) is 5.69 Å². The van der Waals surface area contributed by atoms with Crippen LogP contribution in [0.2, 0.25) is 0 Å². The lowest BCUT2D eigenvalue weighted by Crippen LogP contribution is -2.57. The molecular weight excluding hydrogens is 701 g/mol. The summed E-state index contributed by atoms with van der Waals surface area (Å²) in [5.74, 6) is -1.79. The molecule has 3 heterocycles. The third-order valence-corrected chi connectivity index (χ3v) is 12.1. The quantitative estimate of drug-likeness (QED) is 0.178. The van der Waals surface area contributed by atoms with Crippen molar-refractivity contribution in [3.8, 4) is 0 Å². The first-order valence-electron chi connectivity index (χ1n) is 19.0. The highest BCUT2D eigenvalue weighted by molar-refractivity contribution is 7.99. The lowest BCUT2D eigenvalue weighted by Gasteiger charge is -2.40. The Balaban J connectivity index is 1.20. The van der Waals surface area contributed by atoms with Crippen LogP contribution in [0.3, 0.4) is 0 Å². The fourth-order valence-corrected chi connectivity index (χ4v) is 9.19. The number of para-hydroxylation sites is 1. The Morgan fingerprint density at radius 3 is 2.04 bits per heavy atom. The number of carbonyl (C=O) groups is 5. The molecule has 2 saturated heterocycles. The van der Waals surface area contributed by atoms with Crippen LogP contribution in [0.1, 0.15) is 55.2 Å². The highest BCUT2D eigenvalue weighted by Gasteiger charge is 2.44. The van der Waals surface area contributed by atoms with E-state index in [2.05, 4.69) is 10.6 Å². The number of nitrogens with one attached hydrogen (secondary N) is 2. The molecule has 0 radical (unpaired) electrons. The summed E-state index contributed by atoms with van der Waals surface area (Å²) in [7, 11) is 1.34. The van der Waals surface area contributed by atoms with Gasteiger partial charge in [-0.15, -0.1) is 11.8 Å². The lowest BCUT2D eigenvalue weighted by molar-refractivity contribution is -0.156. The van der Waals surface area contributed by atoms with Gasteiger partial charge in [0.2, 0.25) is 17.7 Å². The van der Waals surface area contributed by atoms with Crippen molar-refractivity contribution in [2.24, 2.45) is 11.8 Å². The van der Waals surface area contributed by atoms with Crippen LogP contribution in [0.25, 0.3) is 0 Å². The number of ether oxygens (including phenoxy) is 1. The molecule has 3 aromatic carbocycles. The summed E-state index contributed by atoms with van der Waals surface area (Å²) >= 11 is 1.65. The molecule has 3 aliphatic rings. The Kier molecular flexibility index (Phi) is 13.2. The number of carbonyl (C=O) groups excluding carboxylic acids is 5. The molecular formula is C43H50N4O6S. The van der Waals surface area contributed by atoms with Crippen LogP contribution in [-0.2, 0) is 41.6 Å². The van der Waals surface area contributed by atoms with Gasteiger partial charge in [0, 0.05) is 24.1 Å². The van der Waals surface area contributed by atoms with Crippen molar-refractivity contribution in [3.63, 3.8) is 0 Å². The molecule has 284 valence electrons. The second-order valence-corrected chi connectivity index (χ2v) is 15.7. The maximum absolute atomic E-state index is 14.3. The largest absolute Gasteiger partial charge is 0.467 e. The van der Waals surface area contributed by atoms with Gasteiger partial charge in [-0.3, -0.25) is 19.2 Å². The third kappa shape index (κ3) is 9.42. The minimum absolute atomic E-state index is 0.135. The number of hydrogen-bond donors (Lipinski definition) is 2. The van der Waals surface area contributed by atoms with E-state index in [1.54, 1.807) is 27.6 Å². The summed E-state index contributed by atoms with van der Waals surface area (Å²) in [6.07, 6.45) is 7.87. The predicted molar refractivity (Wildman–Crippen MR) is 210 cm³/mol. The van der Waals surface area contributed by atoms with Gasteiger partial charge in [-0.25, -0.2) is 4.79 Å². The lowest BCUT2D eigenvalue weighted by atomic mass is 9.86. The van der Waals surface area contributed by atoms with Gasteiger partial charge in [0.25, 0.3) is 5.91 Å². The molecule has 3 aliphatic heterocycles. The topological polar surface area (TPSA) is 125 Å². The molecule has 0 bridgehead atoms. The van der Waals surface area contributed by atoms with Crippen molar-refractivity contribution in [2.75, 3.05) is 24.3 Å². The van der Waals surface area contributed by atoms with E-state index in [-0.39, 0.29) is 29.0 Å². The molecule has 0 spiro atoms. The number of fused-ring (bicyclic) bond motifs is 1. The van der Waals surface area contributed by atoms with E-state index in [0.29, 0.717) is 50.8 Å². The molecule has 6 rings (SSSR count). The molecule has 11 heteroatoms. The number of rotatable bonds is 13. The molecule has 2 N–H and O–H groups in total. The Labute approximate surface area is 322 Å². The van der Waals surface area contributed by atoms with Gasteiger partial charge in [-0.1, -0.05) is 91.0 Å². The van der Waals surface area contributed by atoms with Crippen LogP contribution in [0.5, 0.6) is 0 Å². The normalized spacial score (nSPS) is 22.4. The van der Waals surface area contributed by atoms with E-state index in [1.807, 2.05) is 97.9 Å². The van der Waals surface area contributed by atoms with Gasteiger partial charge in [0.15, 0.2) is 0 Å². The molecule has 0 aromatic heterocycles. The van der Waals surface area contributed by atoms with Gasteiger partial charge in [0.05, 0.1) is 12.5 Å². The van der Waals surface area contributed by atoms with Gasteiger partial charge in [-0.2, -0.15) is 0 Å². The number of aryl methyl sites for hydroxylation is 1. The van der Waals surface area contributed by atoms with Crippen LogP contribution < -0.4 is 15.5 Å². The molecule has 4 amide bonds. The summed E-state index contributed by atoms with van der Waals surface area (Å²) in [6.45, 7) is 2.38. The van der Waals surface area contributed by atoms with Crippen LogP contribution >= 0.6 is 11.8 Å².